The van der Waals surface area contributed by atoms with Gasteiger partial charge in [0.05, 0.1) is 17.7 Å². The number of methoxy groups -OCH3 is 1. The second-order valence-corrected chi connectivity index (χ2v) is 8.58. The van der Waals surface area contributed by atoms with Crippen molar-refractivity contribution in [2.24, 2.45) is 0 Å². The first-order valence-corrected chi connectivity index (χ1v) is 9.95. The summed E-state index contributed by atoms with van der Waals surface area (Å²) in [6.45, 7) is 0.396. The Morgan fingerprint density at radius 3 is 2.41 bits per heavy atom. The largest absolute Gasteiger partial charge is 0.497 e. The van der Waals surface area contributed by atoms with E-state index >= 15 is 0 Å². The van der Waals surface area contributed by atoms with Crippen molar-refractivity contribution in [1.82, 2.24) is 4.31 Å². The minimum Gasteiger partial charge on any atom is -0.497 e. The van der Waals surface area contributed by atoms with E-state index in [1.165, 1.54) is 4.31 Å². The molecule has 1 atom stereocenters. The van der Waals surface area contributed by atoms with Crippen molar-refractivity contribution in [2.45, 2.75) is 23.4 Å². The van der Waals surface area contributed by atoms with Gasteiger partial charge in [-0.05, 0) is 48.2 Å². The first kappa shape index (κ1) is 20.0. The Morgan fingerprint density at radius 1 is 1.15 bits per heavy atom. The molecule has 1 saturated heterocycles. The summed E-state index contributed by atoms with van der Waals surface area (Å²) < 4.78 is 70.9. The van der Waals surface area contributed by atoms with E-state index in [0.29, 0.717) is 18.2 Å². The Kier molecular flexibility index (Phi) is 5.42. The fraction of sp³-hybridized carbons (Fsp3) is 0.333. The smallest absolute Gasteiger partial charge is 0.416 e. The quantitative estimate of drug-likeness (QED) is 0.730. The van der Waals surface area contributed by atoms with Crippen molar-refractivity contribution in [3.05, 3.63) is 58.6 Å². The summed E-state index contributed by atoms with van der Waals surface area (Å²) >= 11 is 5.91. The van der Waals surface area contributed by atoms with E-state index in [-0.39, 0.29) is 24.0 Å². The number of sulfonamides is 1. The van der Waals surface area contributed by atoms with E-state index in [2.05, 4.69) is 0 Å². The van der Waals surface area contributed by atoms with Crippen LogP contribution in [0.3, 0.4) is 0 Å². The van der Waals surface area contributed by atoms with Gasteiger partial charge in [0.25, 0.3) is 0 Å². The lowest BCUT2D eigenvalue weighted by molar-refractivity contribution is -0.137. The summed E-state index contributed by atoms with van der Waals surface area (Å²) in [6.07, 6.45) is -4.08. The van der Waals surface area contributed by atoms with Crippen molar-refractivity contribution in [3.63, 3.8) is 0 Å². The van der Waals surface area contributed by atoms with E-state index in [1.807, 2.05) is 12.1 Å². The molecule has 0 N–H and O–H groups in total. The zero-order valence-corrected chi connectivity index (χ0v) is 15.9. The molecule has 2 aromatic rings. The van der Waals surface area contributed by atoms with Gasteiger partial charge in [-0.25, -0.2) is 8.42 Å². The zero-order valence-electron chi connectivity index (χ0n) is 14.3. The Morgan fingerprint density at radius 2 is 1.81 bits per heavy atom. The van der Waals surface area contributed by atoms with Gasteiger partial charge in [0, 0.05) is 13.1 Å². The van der Waals surface area contributed by atoms with Crippen molar-refractivity contribution in [1.29, 1.82) is 0 Å². The van der Waals surface area contributed by atoms with E-state index in [4.69, 9.17) is 16.3 Å². The van der Waals surface area contributed by atoms with Crippen LogP contribution in [0.2, 0.25) is 5.02 Å². The Bertz CT molecular complexity index is 930. The third-order valence-electron chi connectivity index (χ3n) is 4.61. The molecule has 146 valence electrons. The lowest BCUT2D eigenvalue weighted by Gasteiger charge is -2.19. The standard InChI is InChI=1S/C18H17ClF3NO3S/c1-26-15-5-2-12(3-6-15)13-8-9-23(11-13)27(24,25)17-10-14(18(20,21)22)4-7-16(17)19/h2-7,10,13H,8-9,11H2,1H3. The molecular weight excluding hydrogens is 403 g/mol. The summed E-state index contributed by atoms with van der Waals surface area (Å²) in [6, 6.07) is 9.62. The molecule has 1 fully saturated rings. The normalized spacial score (nSPS) is 18.6. The molecule has 4 nitrogen and oxygen atoms in total. The fourth-order valence-electron chi connectivity index (χ4n) is 3.11. The Hall–Kier alpha value is -1.77. The molecule has 0 aromatic heterocycles. The van der Waals surface area contributed by atoms with Crippen LogP contribution >= 0.6 is 11.6 Å². The maximum absolute atomic E-state index is 12.9. The molecule has 0 amide bonds. The minimum atomic E-state index is -4.65. The molecule has 0 spiro atoms. The van der Waals surface area contributed by atoms with Gasteiger partial charge in [-0.1, -0.05) is 23.7 Å². The molecule has 3 rings (SSSR count). The van der Waals surface area contributed by atoms with Crippen molar-refractivity contribution in [3.8, 4) is 5.75 Å². The van der Waals surface area contributed by atoms with E-state index in [9.17, 15) is 21.6 Å². The number of alkyl halides is 3. The second kappa shape index (κ2) is 7.33. The van der Waals surface area contributed by atoms with E-state index < -0.39 is 26.7 Å². The number of hydrogen-bond donors (Lipinski definition) is 0. The van der Waals surface area contributed by atoms with Crippen LogP contribution < -0.4 is 4.74 Å². The zero-order chi connectivity index (χ0) is 19.8. The highest BCUT2D eigenvalue weighted by Crippen LogP contribution is 2.37. The van der Waals surface area contributed by atoms with Crippen molar-refractivity contribution in [2.75, 3.05) is 20.2 Å². The van der Waals surface area contributed by atoms with E-state index in [1.54, 1.807) is 19.2 Å². The summed E-state index contributed by atoms with van der Waals surface area (Å²) in [5.41, 5.74) is -0.0972. The van der Waals surface area contributed by atoms with Crippen LogP contribution in [0.1, 0.15) is 23.5 Å². The maximum atomic E-state index is 12.9. The molecule has 1 heterocycles. The van der Waals surface area contributed by atoms with Crippen LogP contribution in [0, 0.1) is 0 Å². The van der Waals surface area contributed by atoms with Gasteiger partial charge in [-0.15, -0.1) is 0 Å². The molecular formula is C18H17ClF3NO3S. The predicted octanol–water partition coefficient (Wildman–Crippen LogP) is 4.55. The summed E-state index contributed by atoms with van der Waals surface area (Å²) in [4.78, 5) is -0.519. The maximum Gasteiger partial charge on any atom is 0.416 e. The number of ether oxygens (including phenoxy) is 1. The lowest BCUT2D eigenvalue weighted by Crippen LogP contribution is -2.29. The first-order chi connectivity index (χ1) is 12.6. The average molecular weight is 420 g/mol. The fourth-order valence-corrected chi connectivity index (χ4v) is 5.11. The monoisotopic (exact) mass is 419 g/mol. The number of benzene rings is 2. The van der Waals surface area contributed by atoms with Gasteiger partial charge in [-0.3, -0.25) is 0 Å². The van der Waals surface area contributed by atoms with Gasteiger partial charge in [0.15, 0.2) is 0 Å². The molecule has 1 aliphatic heterocycles. The molecule has 0 saturated carbocycles. The third-order valence-corrected chi connectivity index (χ3v) is 6.96. The molecule has 1 unspecified atom stereocenters. The number of hydrogen-bond acceptors (Lipinski definition) is 3. The summed E-state index contributed by atoms with van der Waals surface area (Å²) in [5.74, 6) is 0.646. The highest BCUT2D eigenvalue weighted by atomic mass is 35.5. The number of nitrogens with zero attached hydrogens (tertiary/aromatic N) is 1. The molecule has 27 heavy (non-hydrogen) atoms. The van der Waals surface area contributed by atoms with Crippen LogP contribution in [-0.4, -0.2) is 32.9 Å². The Balaban J connectivity index is 1.86. The lowest BCUT2D eigenvalue weighted by atomic mass is 9.99. The van der Waals surface area contributed by atoms with Crippen LogP contribution in [0.4, 0.5) is 13.2 Å². The second-order valence-electron chi connectivity index (χ2n) is 6.26. The molecule has 9 heteroatoms. The minimum absolute atomic E-state index is 0.0461. The molecule has 2 aromatic carbocycles. The molecule has 1 aliphatic rings. The highest BCUT2D eigenvalue weighted by Gasteiger charge is 2.37. The SMILES string of the molecule is COc1ccc(C2CCN(S(=O)(=O)c3cc(C(F)(F)F)ccc3Cl)C2)cc1. The van der Waals surface area contributed by atoms with Crippen LogP contribution in [0.25, 0.3) is 0 Å². The molecule has 0 radical (unpaired) electrons. The third kappa shape index (κ3) is 4.07. The average Bonchev–Trinajstić information content (AvgIpc) is 3.12. The number of halogens is 4. The van der Waals surface area contributed by atoms with Gasteiger partial charge < -0.3 is 4.74 Å². The van der Waals surface area contributed by atoms with Crippen LogP contribution in [0.5, 0.6) is 5.75 Å². The molecule has 0 bridgehead atoms. The van der Waals surface area contributed by atoms with Gasteiger partial charge in [-0.2, -0.15) is 17.5 Å². The topological polar surface area (TPSA) is 46.6 Å². The van der Waals surface area contributed by atoms with Crippen molar-refractivity contribution < 1.29 is 26.3 Å². The van der Waals surface area contributed by atoms with Gasteiger partial charge in [0.1, 0.15) is 10.6 Å². The summed E-state index contributed by atoms with van der Waals surface area (Å²) in [5, 5.41) is -0.226. The summed E-state index contributed by atoms with van der Waals surface area (Å²) in [7, 11) is -2.58. The number of rotatable bonds is 4. The Labute approximate surface area is 160 Å². The van der Waals surface area contributed by atoms with Gasteiger partial charge in [0.2, 0.25) is 10.0 Å². The van der Waals surface area contributed by atoms with E-state index in [0.717, 1.165) is 17.7 Å². The van der Waals surface area contributed by atoms with Crippen LogP contribution in [0.15, 0.2) is 47.4 Å². The highest BCUT2D eigenvalue weighted by molar-refractivity contribution is 7.89. The first-order valence-electron chi connectivity index (χ1n) is 8.14. The van der Waals surface area contributed by atoms with Crippen LogP contribution in [-0.2, 0) is 16.2 Å². The van der Waals surface area contributed by atoms with Gasteiger partial charge >= 0.3 is 6.18 Å². The predicted molar refractivity (Wildman–Crippen MR) is 95.6 cm³/mol. The van der Waals surface area contributed by atoms with Crippen molar-refractivity contribution >= 4 is 21.6 Å². The molecule has 0 aliphatic carbocycles.